The molecule has 3 fully saturated rings. The van der Waals surface area contributed by atoms with Crippen LogP contribution in [-0.4, -0.2) is 21.9 Å². The van der Waals surface area contributed by atoms with Gasteiger partial charge in [0.25, 0.3) is 11.4 Å². The van der Waals surface area contributed by atoms with E-state index >= 15 is 0 Å². The molecule has 7 atom stereocenters. The van der Waals surface area contributed by atoms with Gasteiger partial charge in [-0.15, -0.1) is 0 Å². The quantitative estimate of drug-likeness (QED) is 0.288. The fourth-order valence-corrected chi connectivity index (χ4v) is 7.07. The standard InChI is InChI=1S/C23H26N2O6/c1-12-2-3-13-10-20(22-15-5-4-14(7-15)21(22)19(13)6-12)31-23(26)16-8-17(24(27)28)11-18(9-16)25(29)30/h6,8-9,11,13-15,19-22H,2-5,7,10H2,1H3. The highest BCUT2D eigenvalue weighted by atomic mass is 16.6. The first-order valence-corrected chi connectivity index (χ1v) is 11.1. The minimum atomic E-state index is -0.725. The van der Waals surface area contributed by atoms with Gasteiger partial charge in [-0.1, -0.05) is 11.6 Å². The predicted octanol–water partition coefficient (Wildman–Crippen LogP) is 5.07. The van der Waals surface area contributed by atoms with Crippen molar-refractivity contribution in [3.8, 4) is 0 Å². The molecule has 164 valence electrons. The van der Waals surface area contributed by atoms with Crippen LogP contribution in [0.3, 0.4) is 0 Å². The van der Waals surface area contributed by atoms with Crippen LogP contribution in [0, 0.1) is 55.7 Å². The van der Waals surface area contributed by atoms with Crippen molar-refractivity contribution in [2.75, 3.05) is 0 Å². The third-order valence-corrected chi connectivity index (χ3v) is 8.20. The zero-order valence-electron chi connectivity index (χ0n) is 17.4. The van der Waals surface area contributed by atoms with E-state index in [1.807, 2.05) is 0 Å². The Labute approximate surface area is 180 Å². The topological polar surface area (TPSA) is 113 Å². The number of carbonyl (C=O) groups is 1. The molecule has 31 heavy (non-hydrogen) atoms. The second-order valence-electron chi connectivity index (χ2n) is 9.81. The van der Waals surface area contributed by atoms with Crippen molar-refractivity contribution < 1.29 is 19.4 Å². The molecule has 0 spiro atoms. The minimum absolute atomic E-state index is 0.123. The summed E-state index contributed by atoms with van der Waals surface area (Å²) in [6, 6.07) is 3.02. The lowest BCUT2D eigenvalue weighted by atomic mass is 9.58. The summed E-state index contributed by atoms with van der Waals surface area (Å²) in [6.45, 7) is 2.21. The van der Waals surface area contributed by atoms with Gasteiger partial charge >= 0.3 is 5.97 Å². The van der Waals surface area contributed by atoms with Crippen molar-refractivity contribution in [2.45, 2.75) is 51.6 Å². The molecule has 1 aromatic rings. The summed E-state index contributed by atoms with van der Waals surface area (Å²) in [5, 5.41) is 22.4. The molecule has 8 heteroatoms. The highest BCUT2D eigenvalue weighted by Gasteiger charge is 2.58. The highest BCUT2D eigenvalue weighted by Crippen LogP contribution is 2.62. The lowest BCUT2D eigenvalue weighted by molar-refractivity contribution is -0.394. The molecule has 4 aliphatic rings. The number of esters is 1. The Kier molecular flexibility index (Phi) is 4.83. The maximum atomic E-state index is 13.0. The van der Waals surface area contributed by atoms with Crippen molar-refractivity contribution in [3.63, 3.8) is 0 Å². The van der Waals surface area contributed by atoms with Crippen molar-refractivity contribution in [1.82, 2.24) is 0 Å². The summed E-state index contributed by atoms with van der Waals surface area (Å²) in [6.07, 6.45) is 8.84. The number of nitro benzene ring substituents is 2. The van der Waals surface area contributed by atoms with E-state index in [2.05, 4.69) is 13.0 Å². The molecule has 0 amide bonds. The molecule has 7 unspecified atom stereocenters. The van der Waals surface area contributed by atoms with Gasteiger partial charge in [0.2, 0.25) is 0 Å². The average molecular weight is 426 g/mol. The first-order chi connectivity index (χ1) is 14.8. The van der Waals surface area contributed by atoms with Gasteiger partial charge < -0.3 is 4.74 Å². The van der Waals surface area contributed by atoms with E-state index in [-0.39, 0.29) is 11.7 Å². The zero-order chi connectivity index (χ0) is 21.9. The Hall–Kier alpha value is -2.77. The highest BCUT2D eigenvalue weighted by molar-refractivity contribution is 5.91. The Morgan fingerprint density at radius 2 is 1.58 bits per heavy atom. The molecule has 0 radical (unpaired) electrons. The third-order valence-electron chi connectivity index (χ3n) is 8.20. The SMILES string of the molecule is CC1=CC2C(CC1)CC(OC(=O)c1cc([N+](=O)[O-])cc([N+](=O)[O-])c1)C1C3CCC(C3)C21. The summed E-state index contributed by atoms with van der Waals surface area (Å²) in [4.78, 5) is 33.9. The number of hydrogen-bond donors (Lipinski definition) is 0. The van der Waals surface area contributed by atoms with E-state index in [0.717, 1.165) is 37.5 Å². The van der Waals surface area contributed by atoms with Gasteiger partial charge in [-0.25, -0.2) is 4.79 Å². The maximum Gasteiger partial charge on any atom is 0.338 e. The molecule has 0 heterocycles. The summed E-state index contributed by atoms with van der Waals surface area (Å²) in [5.74, 6) is 2.45. The van der Waals surface area contributed by atoms with E-state index in [1.54, 1.807) is 0 Å². The van der Waals surface area contributed by atoms with Gasteiger partial charge in [0.05, 0.1) is 21.5 Å². The van der Waals surface area contributed by atoms with Gasteiger partial charge in [-0.2, -0.15) is 0 Å². The number of nitro groups is 2. The molecular weight excluding hydrogens is 400 g/mol. The summed E-state index contributed by atoms with van der Waals surface area (Å²) in [5.41, 5.74) is 0.385. The molecule has 0 aromatic heterocycles. The second kappa shape index (κ2) is 7.43. The first-order valence-electron chi connectivity index (χ1n) is 11.1. The van der Waals surface area contributed by atoms with Crippen LogP contribution in [0.1, 0.15) is 55.8 Å². The molecule has 0 saturated heterocycles. The van der Waals surface area contributed by atoms with Gasteiger partial charge in [0.15, 0.2) is 0 Å². The number of non-ortho nitro benzene ring substituents is 2. The fraction of sp³-hybridized carbons (Fsp3) is 0.609. The summed E-state index contributed by atoms with van der Waals surface area (Å²) < 4.78 is 5.98. The van der Waals surface area contributed by atoms with Crippen LogP contribution in [0.5, 0.6) is 0 Å². The molecule has 5 rings (SSSR count). The van der Waals surface area contributed by atoms with Gasteiger partial charge in [-0.05, 0) is 75.0 Å². The molecule has 4 aliphatic carbocycles. The Morgan fingerprint density at radius 3 is 2.23 bits per heavy atom. The first kappa shape index (κ1) is 20.2. The lowest BCUT2D eigenvalue weighted by Crippen LogP contribution is -2.47. The largest absolute Gasteiger partial charge is 0.458 e. The summed E-state index contributed by atoms with van der Waals surface area (Å²) in [7, 11) is 0. The number of carbonyl (C=O) groups excluding carboxylic acids is 1. The molecular formula is C23H26N2O6. The molecule has 1 aromatic carbocycles. The monoisotopic (exact) mass is 426 g/mol. The third kappa shape index (κ3) is 3.42. The van der Waals surface area contributed by atoms with Gasteiger partial charge in [0, 0.05) is 18.1 Å². The van der Waals surface area contributed by atoms with Crippen LogP contribution in [0.4, 0.5) is 11.4 Å². The molecule has 0 aliphatic heterocycles. The Bertz CT molecular complexity index is 956. The van der Waals surface area contributed by atoms with E-state index in [0.29, 0.717) is 35.5 Å². The number of fused-ring (bicyclic) bond motifs is 7. The van der Waals surface area contributed by atoms with Crippen LogP contribution in [0.25, 0.3) is 0 Å². The van der Waals surface area contributed by atoms with Crippen molar-refractivity contribution in [3.05, 3.63) is 55.6 Å². The summed E-state index contributed by atoms with van der Waals surface area (Å²) >= 11 is 0. The molecule has 3 saturated carbocycles. The second-order valence-corrected chi connectivity index (χ2v) is 9.81. The van der Waals surface area contributed by atoms with Crippen LogP contribution in [0.15, 0.2) is 29.8 Å². The zero-order valence-corrected chi connectivity index (χ0v) is 17.4. The minimum Gasteiger partial charge on any atom is -0.458 e. The smallest absolute Gasteiger partial charge is 0.338 e. The maximum absolute atomic E-state index is 13.0. The van der Waals surface area contributed by atoms with Gasteiger partial charge in [0.1, 0.15) is 6.10 Å². The van der Waals surface area contributed by atoms with Crippen molar-refractivity contribution in [1.29, 1.82) is 0 Å². The Morgan fingerprint density at radius 1 is 0.935 bits per heavy atom. The lowest BCUT2D eigenvalue weighted by Gasteiger charge is -2.49. The molecule has 2 bridgehead atoms. The van der Waals surface area contributed by atoms with Crippen LogP contribution < -0.4 is 0 Å². The number of nitrogens with zero attached hydrogens (tertiary/aromatic N) is 2. The Balaban J connectivity index is 1.43. The van der Waals surface area contributed by atoms with Crippen molar-refractivity contribution in [2.24, 2.45) is 35.5 Å². The normalized spacial score (nSPS) is 35.6. The predicted molar refractivity (Wildman–Crippen MR) is 111 cm³/mol. The van der Waals surface area contributed by atoms with Crippen LogP contribution in [-0.2, 0) is 4.74 Å². The van der Waals surface area contributed by atoms with E-state index in [1.165, 1.54) is 24.8 Å². The van der Waals surface area contributed by atoms with Crippen LogP contribution in [0.2, 0.25) is 0 Å². The number of rotatable bonds is 4. The number of hydrogen-bond acceptors (Lipinski definition) is 6. The number of benzene rings is 1. The molecule has 0 N–H and O–H groups in total. The number of ether oxygens (including phenoxy) is 1. The van der Waals surface area contributed by atoms with Crippen LogP contribution >= 0.6 is 0 Å². The van der Waals surface area contributed by atoms with Crippen molar-refractivity contribution >= 4 is 17.3 Å². The van der Waals surface area contributed by atoms with Gasteiger partial charge in [-0.3, -0.25) is 20.2 Å². The fourth-order valence-electron chi connectivity index (χ4n) is 7.07. The average Bonchev–Trinajstić information content (AvgIpc) is 3.36. The molecule has 8 nitrogen and oxygen atoms in total. The number of allylic oxidation sites excluding steroid dienone is 2. The van der Waals surface area contributed by atoms with E-state index < -0.39 is 27.2 Å². The van der Waals surface area contributed by atoms with E-state index in [4.69, 9.17) is 4.74 Å². The van der Waals surface area contributed by atoms with E-state index in [9.17, 15) is 25.0 Å².